The highest BCUT2D eigenvalue weighted by molar-refractivity contribution is 5.76. The molecular weight excluding hydrogens is 164 g/mol. The molecule has 0 aliphatic heterocycles. The predicted molar refractivity (Wildman–Crippen MR) is 53.2 cm³/mol. The first kappa shape index (κ1) is 10.3. The van der Waals surface area contributed by atoms with Crippen molar-refractivity contribution in [1.29, 1.82) is 0 Å². The van der Waals surface area contributed by atoms with Gasteiger partial charge in [0.1, 0.15) is 0 Å². The van der Waals surface area contributed by atoms with Gasteiger partial charge in [0.05, 0.1) is 0 Å². The fourth-order valence-corrected chi connectivity index (χ4v) is 1.46. The van der Waals surface area contributed by atoms with Gasteiger partial charge in [-0.15, -0.1) is 0 Å². The van der Waals surface area contributed by atoms with Crippen LogP contribution in [0.3, 0.4) is 0 Å². The average Bonchev–Trinajstić information content (AvgIpc) is 2.57. The third kappa shape index (κ3) is 4.08. The van der Waals surface area contributed by atoms with Crippen LogP contribution >= 0.6 is 0 Å². The Bertz CT molecular complexity index is 181. The summed E-state index contributed by atoms with van der Waals surface area (Å²) in [6.45, 7) is 0.679. The maximum absolute atomic E-state index is 11.3. The van der Waals surface area contributed by atoms with Crippen molar-refractivity contribution in [2.75, 3.05) is 6.54 Å². The molecule has 3 N–H and O–H groups in total. The number of hydrogen-bond donors (Lipinski definition) is 2. The monoisotopic (exact) mass is 182 g/mol. The lowest BCUT2D eigenvalue weighted by Gasteiger charge is -2.11. The van der Waals surface area contributed by atoms with E-state index in [9.17, 15) is 4.79 Å². The second-order valence-corrected chi connectivity index (χ2v) is 3.45. The smallest absolute Gasteiger partial charge is 0.220 e. The van der Waals surface area contributed by atoms with Gasteiger partial charge in [0.2, 0.25) is 5.91 Å². The van der Waals surface area contributed by atoms with Gasteiger partial charge in [-0.2, -0.15) is 0 Å². The van der Waals surface area contributed by atoms with E-state index < -0.39 is 0 Å². The van der Waals surface area contributed by atoms with Crippen molar-refractivity contribution in [2.24, 2.45) is 5.73 Å². The third-order valence-electron chi connectivity index (χ3n) is 2.23. The lowest BCUT2D eigenvalue weighted by molar-refractivity contribution is -0.121. The Kier molecular flexibility index (Phi) is 4.54. The molecule has 0 aromatic carbocycles. The van der Waals surface area contributed by atoms with Crippen LogP contribution in [0.4, 0.5) is 0 Å². The van der Waals surface area contributed by atoms with Gasteiger partial charge < -0.3 is 11.1 Å². The summed E-state index contributed by atoms with van der Waals surface area (Å²) >= 11 is 0. The van der Waals surface area contributed by atoms with Crippen LogP contribution in [0, 0.1) is 0 Å². The molecule has 0 heterocycles. The molecule has 0 spiro atoms. The van der Waals surface area contributed by atoms with Crippen molar-refractivity contribution < 1.29 is 4.79 Å². The van der Waals surface area contributed by atoms with Crippen LogP contribution in [0.1, 0.15) is 32.1 Å². The van der Waals surface area contributed by atoms with Crippen LogP contribution in [0.15, 0.2) is 12.2 Å². The molecule has 1 rings (SSSR count). The number of unbranched alkanes of at least 4 members (excludes halogenated alkanes) is 1. The molecule has 1 aliphatic carbocycles. The number of carbonyl (C=O) groups is 1. The molecule has 0 aromatic rings. The molecule has 1 aliphatic rings. The molecular formula is C10H18N2O. The maximum atomic E-state index is 11.3. The zero-order chi connectivity index (χ0) is 9.52. The lowest BCUT2D eigenvalue weighted by Crippen LogP contribution is -2.32. The summed E-state index contributed by atoms with van der Waals surface area (Å²) in [6.07, 6.45) is 8.67. The minimum Gasteiger partial charge on any atom is -0.353 e. The molecule has 0 aromatic heterocycles. The molecule has 0 saturated carbocycles. The molecule has 3 nitrogen and oxygen atoms in total. The molecule has 0 fully saturated rings. The summed E-state index contributed by atoms with van der Waals surface area (Å²) in [7, 11) is 0. The first-order valence-electron chi connectivity index (χ1n) is 4.97. The number of amides is 1. The van der Waals surface area contributed by atoms with Gasteiger partial charge in [-0.3, -0.25) is 4.79 Å². The van der Waals surface area contributed by atoms with E-state index in [1.165, 1.54) is 0 Å². The number of carbonyl (C=O) groups excluding carboxylic acids is 1. The van der Waals surface area contributed by atoms with Crippen molar-refractivity contribution >= 4 is 5.91 Å². The predicted octanol–water partition coefficient (Wildman–Crippen LogP) is 0.950. The summed E-state index contributed by atoms with van der Waals surface area (Å²) in [5.41, 5.74) is 5.34. The van der Waals surface area contributed by atoms with Crippen LogP contribution in [-0.4, -0.2) is 18.5 Å². The summed E-state index contributed by atoms with van der Waals surface area (Å²) in [4.78, 5) is 11.3. The summed E-state index contributed by atoms with van der Waals surface area (Å²) in [5.74, 6) is 0.169. The summed E-state index contributed by atoms with van der Waals surface area (Å²) in [6, 6.07) is 0.352. The molecule has 0 saturated heterocycles. The number of rotatable bonds is 5. The van der Waals surface area contributed by atoms with Crippen LogP contribution < -0.4 is 11.1 Å². The largest absolute Gasteiger partial charge is 0.353 e. The SMILES string of the molecule is NCCCCC(=O)NC1CC=CC1. The van der Waals surface area contributed by atoms with Gasteiger partial charge in [0, 0.05) is 12.5 Å². The highest BCUT2D eigenvalue weighted by Crippen LogP contribution is 2.09. The van der Waals surface area contributed by atoms with Crippen LogP contribution in [0.2, 0.25) is 0 Å². The van der Waals surface area contributed by atoms with E-state index in [2.05, 4.69) is 17.5 Å². The van der Waals surface area contributed by atoms with Crippen molar-refractivity contribution in [3.05, 3.63) is 12.2 Å². The fourth-order valence-electron chi connectivity index (χ4n) is 1.46. The van der Waals surface area contributed by atoms with Gasteiger partial charge in [-0.05, 0) is 32.2 Å². The second-order valence-electron chi connectivity index (χ2n) is 3.45. The van der Waals surface area contributed by atoms with Crippen molar-refractivity contribution in [3.63, 3.8) is 0 Å². The molecule has 1 amide bonds. The second kappa shape index (κ2) is 5.75. The molecule has 3 heteroatoms. The Morgan fingerprint density at radius 2 is 2.08 bits per heavy atom. The Morgan fingerprint density at radius 3 is 2.69 bits per heavy atom. The standard InChI is InChI=1S/C10H18N2O/c11-8-4-3-7-10(13)12-9-5-1-2-6-9/h1-2,9H,3-8,11H2,(H,12,13). The zero-order valence-corrected chi connectivity index (χ0v) is 7.96. The van der Waals surface area contributed by atoms with Crippen molar-refractivity contribution in [1.82, 2.24) is 5.32 Å². The van der Waals surface area contributed by atoms with E-state index >= 15 is 0 Å². The van der Waals surface area contributed by atoms with Gasteiger partial charge in [-0.1, -0.05) is 12.2 Å². The summed E-state index contributed by atoms with van der Waals surface area (Å²) < 4.78 is 0. The Morgan fingerprint density at radius 1 is 1.38 bits per heavy atom. The molecule has 74 valence electrons. The molecule has 0 unspecified atom stereocenters. The topological polar surface area (TPSA) is 55.1 Å². The zero-order valence-electron chi connectivity index (χ0n) is 7.96. The minimum atomic E-state index is 0.169. The van der Waals surface area contributed by atoms with E-state index in [1.54, 1.807) is 0 Å². The minimum absolute atomic E-state index is 0.169. The molecule has 0 radical (unpaired) electrons. The van der Waals surface area contributed by atoms with E-state index in [1.807, 2.05) is 0 Å². The highest BCUT2D eigenvalue weighted by atomic mass is 16.1. The Hall–Kier alpha value is -0.830. The van der Waals surface area contributed by atoms with Gasteiger partial charge in [0.25, 0.3) is 0 Å². The van der Waals surface area contributed by atoms with Crippen LogP contribution in [-0.2, 0) is 4.79 Å². The Balaban J connectivity index is 2.03. The van der Waals surface area contributed by atoms with Crippen molar-refractivity contribution in [3.8, 4) is 0 Å². The fraction of sp³-hybridized carbons (Fsp3) is 0.700. The van der Waals surface area contributed by atoms with E-state index in [0.29, 0.717) is 19.0 Å². The number of nitrogens with two attached hydrogens (primary N) is 1. The van der Waals surface area contributed by atoms with Crippen molar-refractivity contribution in [2.45, 2.75) is 38.1 Å². The van der Waals surface area contributed by atoms with E-state index in [0.717, 1.165) is 25.7 Å². The molecule has 0 bridgehead atoms. The average molecular weight is 182 g/mol. The maximum Gasteiger partial charge on any atom is 0.220 e. The molecule has 0 atom stereocenters. The lowest BCUT2D eigenvalue weighted by atomic mass is 10.2. The first-order valence-corrected chi connectivity index (χ1v) is 4.97. The quantitative estimate of drug-likeness (QED) is 0.491. The first-order chi connectivity index (χ1) is 6.33. The van der Waals surface area contributed by atoms with Gasteiger partial charge in [0.15, 0.2) is 0 Å². The van der Waals surface area contributed by atoms with E-state index in [4.69, 9.17) is 5.73 Å². The van der Waals surface area contributed by atoms with Crippen LogP contribution in [0.5, 0.6) is 0 Å². The summed E-state index contributed by atoms with van der Waals surface area (Å²) in [5, 5.41) is 3.00. The van der Waals surface area contributed by atoms with Crippen LogP contribution in [0.25, 0.3) is 0 Å². The highest BCUT2D eigenvalue weighted by Gasteiger charge is 2.12. The number of nitrogens with one attached hydrogen (secondary N) is 1. The number of hydrogen-bond acceptors (Lipinski definition) is 2. The third-order valence-corrected chi connectivity index (χ3v) is 2.23. The van der Waals surface area contributed by atoms with E-state index in [-0.39, 0.29) is 5.91 Å². The van der Waals surface area contributed by atoms with Gasteiger partial charge >= 0.3 is 0 Å². The Labute approximate surface area is 79.4 Å². The van der Waals surface area contributed by atoms with Gasteiger partial charge in [-0.25, -0.2) is 0 Å². The molecule has 13 heavy (non-hydrogen) atoms. The normalized spacial score (nSPS) is 16.4.